The smallest absolute Gasteiger partial charge is 0.416 e. The number of amides is 3. The molecule has 6 aromatic rings. The molecule has 3 N–H and O–H groups in total. The Labute approximate surface area is 483 Å². The van der Waals surface area contributed by atoms with E-state index in [9.17, 15) is 42.3 Å². The number of fused-ring (bicyclic) bond motifs is 4. The summed E-state index contributed by atoms with van der Waals surface area (Å²) in [7, 11) is 3.13. The van der Waals surface area contributed by atoms with Gasteiger partial charge in [-0.15, -0.1) is 0 Å². The summed E-state index contributed by atoms with van der Waals surface area (Å²) in [4.78, 5) is 102. The first-order valence-corrected chi connectivity index (χ1v) is 25.3. The first-order chi connectivity index (χ1) is 36.0. The molecule has 8 heterocycles. The van der Waals surface area contributed by atoms with Gasteiger partial charge in [-0.25, -0.2) is 38.3 Å². The number of benzene rings is 2. The Morgan fingerprint density at radius 2 is 1.28 bits per heavy atom. The zero-order chi connectivity index (χ0) is 54.1. The largest absolute Gasteiger partial charge is 0.488 e. The molecule has 2 fully saturated rings. The molecular weight excluding hydrogens is 1220 g/mol. The van der Waals surface area contributed by atoms with E-state index in [1.807, 2.05) is 4.93 Å². The first-order valence-electron chi connectivity index (χ1n) is 23.2. The predicted molar refractivity (Wildman–Crippen MR) is 296 cm³/mol. The van der Waals surface area contributed by atoms with E-state index < -0.39 is 23.8 Å². The normalized spacial score (nSPS) is 15.7. The molecule has 78 heavy (non-hydrogen) atoms. The number of rotatable bonds is 12. The minimum absolute atomic E-state index is 0. The van der Waals surface area contributed by atoms with Crippen molar-refractivity contribution in [3.8, 4) is 23.3 Å². The van der Waals surface area contributed by atoms with E-state index in [1.165, 1.54) is 62.6 Å². The standard InChI is InChI=1S/C25H25FN4O6.C13H12FNO3.C10H11N5O4.CH3I.2H2S.V/c1-14-9-21(32)29(2)22-17(14)6-7-18(26)23(22)34-8-4-3-5-16-12-30(25(33)36-16)20-11-27-24-19(28-20)10-15(31)13-35-24;1-8-7-11(17)15(2)12-9(8)3-4-10(14)13(12)18-6-5-16;11-1-5-3-15(10(17)19-5)6-2-12-9-8(13-6)14-7(16)4-18-9;1-2;;;/h6-7,9,11,16H,3-5,8,10,12-13H2,1-2H3;3-5,7H,6H2,1-2H3;2,5H,1,3-4,11H2,(H,13,14,16);1H3;2*1H2;/t16-;;5-;;;;/m0.0..../s1. The van der Waals surface area contributed by atoms with Gasteiger partial charge in [-0.1, -0.05) is 22.6 Å². The fourth-order valence-electron chi connectivity index (χ4n) is 8.21. The summed E-state index contributed by atoms with van der Waals surface area (Å²) in [5.41, 5.74) is 7.67. The van der Waals surface area contributed by atoms with Gasteiger partial charge in [-0.3, -0.25) is 33.8 Å². The van der Waals surface area contributed by atoms with Gasteiger partial charge in [0.25, 0.3) is 22.9 Å². The molecule has 0 saturated carbocycles. The molecule has 0 unspecified atom stereocenters. The van der Waals surface area contributed by atoms with Crippen molar-refractivity contribution < 1.29 is 79.7 Å². The second-order valence-corrected chi connectivity index (χ2v) is 17.0. The number of nitrogens with two attached hydrogens (primary N) is 1. The van der Waals surface area contributed by atoms with Crippen LogP contribution in [0.1, 0.15) is 36.1 Å². The number of nitrogens with zero attached hydrogens (tertiary/aromatic N) is 8. The Morgan fingerprint density at radius 1 is 0.756 bits per heavy atom. The molecule has 2 atom stereocenters. The van der Waals surface area contributed by atoms with Crippen LogP contribution >= 0.6 is 49.6 Å². The van der Waals surface area contributed by atoms with Gasteiger partial charge in [0.05, 0.1) is 49.5 Å². The summed E-state index contributed by atoms with van der Waals surface area (Å²) in [6.45, 7) is 4.29. The number of aryl methyl sites for hydroxylation is 4. The number of unbranched alkanes of at least 4 members (excludes halogenated alkanes) is 1. The topological polar surface area (TPSA) is 281 Å². The third-order valence-corrected chi connectivity index (χ3v) is 11.9. The Balaban J connectivity index is 0.000000265. The second kappa shape index (κ2) is 28.9. The number of pyridine rings is 2. The van der Waals surface area contributed by atoms with Gasteiger partial charge in [-0.05, 0) is 73.4 Å². The van der Waals surface area contributed by atoms with Gasteiger partial charge in [0.2, 0.25) is 5.88 Å². The number of hydrogen-bond donors (Lipinski definition) is 2. The molecule has 1 radical (unpaired) electrons. The van der Waals surface area contributed by atoms with E-state index in [1.54, 1.807) is 33.0 Å². The summed E-state index contributed by atoms with van der Waals surface area (Å²) in [6, 6.07) is 8.83. The first kappa shape index (κ1) is 63.9. The van der Waals surface area contributed by atoms with Crippen molar-refractivity contribution in [1.29, 1.82) is 0 Å². The number of halogens is 3. The zero-order valence-corrected chi connectivity index (χ0v) is 48.2. The minimum Gasteiger partial charge on any atom is -0.488 e. The average Bonchev–Trinajstić information content (AvgIpc) is 4.04. The van der Waals surface area contributed by atoms with Crippen LogP contribution in [0.15, 0.2) is 58.4 Å². The van der Waals surface area contributed by atoms with Gasteiger partial charge >= 0.3 is 12.2 Å². The van der Waals surface area contributed by atoms with Gasteiger partial charge in [0.1, 0.15) is 31.1 Å². The van der Waals surface area contributed by atoms with Crippen molar-refractivity contribution in [2.45, 2.75) is 51.7 Å². The summed E-state index contributed by atoms with van der Waals surface area (Å²) in [6.07, 6.45) is 3.56. The van der Waals surface area contributed by atoms with Gasteiger partial charge in [0.15, 0.2) is 59.3 Å². The molecule has 23 nitrogen and oxygen atoms in total. The molecule has 4 aliphatic heterocycles. The van der Waals surface area contributed by atoms with Crippen LogP contribution in [-0.4, -0.2) is 122 Å². The molecule has 2 saturated heterocycles. The van der Waals surface area contributed by atoms with E-state index in [-0.39, 0.29) is 149 Å². The molecule has 4 aliphatic rings. The van der Waals surface area contributed by atoms with Crippen LogP contribution < -0.4 is 50.9 Å². The molecule has 0 bridgehead atoms. The van der Waals surface area contributed by atoms with Crippen LogP contribution in [0.4, 0.5) is 35.8 Å². The van der Waals surface area contributed by atoms with E-state index in [0.717, 1.165) is 21.9 Å². The molecule has 0 spiro atoms. The van der Waals surface area contributed by atoms with Crippen LogP contribution in [0.2, 0.25) is 0 Å². The van der Waals surface area contributed by atoms with E-state index >= 15 is 0 Å². The predicted octanol–water partition coefficient (Wildman–Crippen LogP) is 4.78. The van der Waals surface area contributed by atoms with Gasteiger partial charge in [-0.2, -0.15) is 27.0 Å². The second-order valence-electron chi connectivity index (χ2n) is 17.0. The Bertz CT molecular complexity index is 3330. The summed E-state index contributed by atoms with van der Waals surface area (Å²) in [5, 5.41) is 4.00. The van der Waals surface area contributed by atoms with Crippen molar-refractivity contribution in [3.05, 3.63) is 98.0 Å². The maximum absolute atomic E-state index is 14.6. The molecule has 2 aromatic carbocycles. The molecular formula is C49H55F2IN10O13S2V. The number of hydrogen-bond acceptors (Lipinski definition) is 18. The maximum atomic E-state index is 14.6. The number of carbonyl (C=O) groups excluding carboxylic acids is 5. The number of ketones is 1. The molecule has 417 valence electrons. The van der Waals surface area contributed by atoms with Crippen LogP contribution in [-0.2, 0) is 62.9 Å². The molecule has 0 aliphatic carbocycles. The van der Waals surface area contributed by atoms with E-state index in [4.69, 9.17) is 34.2 Å². The fraction of sp³-hybridized carbons (Fsp3) is 0.367. The number of aldehydes is 1. The summed E-state index contributed by atoms with van der Waals surface area (Å²) < 4.78 is 62.6. The average molecular weight is 1270 g/mol. The number of aromatic nitrogens is 6. The van der Waals surface area contributed by atoms with Crippen LogP contribution in [0.25, 0.3) is 21.8 Å². The monoisotopic (exact) mass is 1270 g/mol. The summed E-state index contributed by atoms with van der Waals surface area (Å²) >= 11 is 2.15. The summed E-state index contributed by atoms with van der Waals surface area (Å²) in [5.74, 6) is -0.219. The Hall–Kier alpha value is -6.60. The van der Waals surface area contributed by atoms with Gasteiger partial charge in [0, 0.05) is 62.1 Å². The molecule has 10 rings (SSSR count). The number of carbonyl (C=O) groups is 5. The van der Waals surface area contributed by atoms with Crippen molar-refractivity contribution in [2.75, 3.05) is 66.1 Å². The number of anilines is 3. The number of cyclic esters (lactones) is 2. The minimum atomic E-state index is -0.593. The zero-order valence-electron chi connectivity index (χ0n) is 42.7. The SMILES string of the molecule is CI.Cc1cc(=O)n(C)c2c(OCC=O)c(F)ccc12.Cc1cc(=O)n(C)c2c(OCCCC[C@H]3CN(c4cnc5c(n4)CC(=O)CO5)C(=O)O3)c(F)ccc12.NC[C@H]1CN(c2cnc3c(n2)NC(=O)CO3)C(=O)O1.S.S.[V]. The van der Waals surface area contributed by atoms with Gasteiger partial charge < -0.3 is 48.6 Å². The number of Topliss-reactive ketones (excluding diaryl/α,β-unsaturated/α-hetero) is 1. The maximum Gasteiger partial charge on any atom is 0.416 e. The van der Waals surface area contributed by atoms with Crippen molar-refractivity contribution in [1.82, 2.24) is 29.1 Å². The van der Waals surface area contributed by atoms with E-state index in [2.05, 4.69) is 47.8 Å². The quantitative estimate of drug-likeness (QED) is 0.0721. The van der Waals surface area contributed by atoms with E-state index in [0.29, 0.717) is 67.1 Å². The Morgan fingerprint density at radius 3 is 1.85 bits per heavy atom. The third kappa shape index (κ3) is 14.5. The Kier molecular flexibility index (Phi) is 23.7. The molecule has 3 amide bonds. The van der Waals surface area contributed by atoms with Crippen LogP contribution in [0, 0.1) is 25.5 Å². The fourth-order valence-corrected chi connectivity index (χ4v) is 8.21. The van der Waals surface area contributed by atoms with Crippen LogP contribution in [0.5, 0.6) is 23.3 Å². The number of nitrogens with one attached hydrogen (secondary N) is 1. The molecule has 4 aromatic heterocycles. The van der Waals surface area contributed by atoms with Crippen molar-refractivity contribution >= 4 is 119 Å². The number of alkyl halides is 1. The number of ether oxygens (including phenoxy) is 6. The van der Waals surface area contributed by atoms with Crippen LogP contribution in [0.3, 0.4) is 0 Å². The van der Waals surface area contributed by atoms with Crippen molar-refractivity contribution in [3.63, 3.8) is 0 Å². The molecule has 29 heteroatoms. The third-order valence-electron chi connectivity index (χ3n) is 11.9. The van der Waals surface area contributed by atoms with Crippen molar-refractivity contribution in [2.24, 2.45) is 19.8 Å².